The first-order valence-electron chi connectivity index (χ1n) is 8.46. The molecule has 0 aliphatic rings. The monoisotopic (exact) mass is 347 g/mol. The number of benzene rings is 2. The number of allylic oxidation sites excluding steroid dienone is 1. The third kappa shape index (κ3) is 3.27. The molecule has 0 atom stereocenters. The number of hydrogen-bond donors (Lipinski definition) is 1. The molecule has 0 aliphatic carbocycles. The SMILES string of the molecule is CCOc1cccc(/C=C(/C#N)c2nc3cc(C)c(C)cc3[nH]2)c1OC. The van der Waals surface area contributed by atoms with Gasteiger partial charge in [0.25, 0.3) is 0 Å². The maximum absolute atomic E-state index is 9.66. The molecular formula is C21H21N3O2. The van der Waals surface area contributed by atoms with Gasteiger partial charge in [-0.25, -0.2) is 4.98 Å². The molecule has 1 aromatic heterocycles. The molecule has 0 spiro atoms. The Morgan fingerprint density at radius 1 is 1.27 bits per heavy atom. The van der Waals surface area contributed by atoms with Gasteiger partial charge in [0.15, 0.2) is 11.5 Å². The zero-order valence-corrected chi connectivity index (χ0v) is 15.4. The zero-order chi connectivity index (χ0) is 18.7. The standard InChI is InChI=1S/C21H21N3O2/c1-5-26-19-8-6-7-15(20(19)25-4)11-16(12-22)21-23-17-9-13(2)14(3)10-18(17)24-21/h6-11H,5H2,1-4H3,(H,23,24)/b16-11-. The Bertz CT molecular complexity index is 987. The number of aryl methyl sites for hydroxylation is 2. The van der Waals surface area contributed by atoms with Crippen LogP contribution in [-0.4, -0.2) is 23.7 Å². The lowest BCUT2D eigenvalue weighted by molar-refractivity contribution is 0.310. The Hall–Kier alpha value is -3.26. The topological polar surface area (TPSA) is 70.9 Å². The maximum atomic E-state index is 9.66. The van der Waals surface area contributed by atoms with E-state index in [9.17, 15) is 5.26 Å². The van der Waals surface area contributed by atoms with Crippen molar-refractivity contribution in [3.63, 3.8) is 0 Å². The van der Waals surface area contributed by atoms with Crippen molar-refractivity contribution in [2.45, 2.75) is 20.8 Å². The fourth-order valence-electron chi connectivity index (χ4n) is 2.84. The Morgan fingerprint density at radius 2 is 2.04 bits per heavy atom. The van der Waals surface area contributed by atoms with E-state index in [0.29, 0.717) is 29.5 Å². The summed E-state index contributed by atoms with van der Waals surface area (Å²) in [6.45, 7) is 6.56. The van der Waals surface area contributed by atoms with E-state index in [2.05, 4.69) is 23.0 Å². The summed E-state index contributed by atoms with van der Waals surface area (Å²) in [7, 11) is 1.59. The van der Waals surface area contributed by atoms with Gasteiger partial charge >= 0.3 is 0 Å². The molecule has 3 aromatic rings. The molecule has 0 radical (unpaired) electrons. The van der Waals surface area contributed by atoms with Crippen LogP contribution in [0.2, 0.25) is 0 Å². The van der Waals surface area contributed by atoms with Gasteiger partial charge in [-0.3, -0.25) is 0 Å². The first kappa shape index (κ1) is 17.6. The van der Waals surface area contributed by atoms with E-state index in [1.807, 2.05) is 44.2 Å². The zero-order valence-electron chi connectivity index (χ0n) is 15.4. The predicted molar refractivity (Wildman–Crippen MR) is 103 cm³/mol. The number of aromatic amines is 1. The largest absolute Gasteiger partial charge is 0.492 e. The van der Waals surface area contributed by atoms with Gasteiger partial charge < -0.3 is 14.5 Å². The lowest BCUT2D eigenvalue weighted by Gasteiger charge is -2.11. The number of hydrogen-bond acceptors (Lipinski definition) is 4. The number of para-hydroxylation sites is 1. The van der Waals surface area contributed by atoms with Gasteiger partial charge in [0, 0.05) is 5.56 Å². The van der Waals surface area contributed by atoms with Crippen molar-refractivity contribution in [2.75, 3.05) is 13.7 Å². The number of imidazole rings is 1. The molecule has 0 aliphatic heterocycles. The van der Waals surface area contributed by atoms with Crippen LogP contribution in [-0.2, 0) is 0 Å². The lowest BCUT2D eigenvalue weighted by atomic mass is 10.1. The molecule has 5 heteroatoms. The van der Waals surface area contributed by atoms with E-state index in [0.717, 1.165) is 16.6 Å². The molecule has 3 rings (SSSR count). The van der Waals surface area contributed by atoms with Gasteiger partial charge in [0.05, 0.1) is 30.3 Å². The summed E-state index contributed by atoms with van der Waals surface area (Å²) in [6.07, 6.45) is 1.76. The van der Waals surface area contributed by atoms with Crippen LogP contribution in [0.25, 0.3) is 22.7 Å². The van der Waals surface area contributed by atoms with Crippen molar-refractivity contribution < 1.29 is 9.47 Å². The van der Waals surface area contributed by atoms with Crippen molar-refractivity contribution >= 4 is 22.7 Å². The van der Waals surface area contributed by atoms with E-state index in [-0.39, 0.29) is 0 Å². The maximum Gasteiger partial charge on any atom is 0.167 e. The van der Waals surface area contributed by atoms with Crippen LogP contribution < -0.4 is 9.47 Å². The third-order valence-electron chi connectivity index (χ3n) is 4.29. The van der Waals surface area contributed by atoms with Crippen LogP contribution in [0.3, 0.4) is 0 Å². The van der Waals surface area contributed by atoms with Crippen LogP contribution in [0, 0.1) is 25.2 Å². The average Bonchev–Trinajstić information content (AvgIpc) is 3.03. The summed E-state index contributed by atoms with van der Waals surface area (Å²) in [5.74, 6) is 1.79. The highest BCUT2D eigenvalue weighted by molar-refractivity contribution is 5.91. The number of fused-ring (bicyclic) bond motifs is 1. The van der Waals surface area contributed by atoms with Crippen LogP contribution in [0.15, 0.2) is 30.3 Å². The Morgan fingerprint density at radius 3 is 2.73 bits per heavy atom. The van der Waals surface area contributed by atoms with Gasteiger partial charge in [0.1, 0.15) is 11.9 Å². The number of methoxy groups -OCH3 is 1. The lowest BCUT2D eigenvalue weighted by Crippen LogP contribution is -1.97. The Balaban J connectivity index is 2.10. The van der Waals surface area contributed by atoms with Crippen LogP contribution in [0.4, 0.5) is 0 Å². The molecule has 5 nitrogen and oxygen atoms in total. The molecule has 0 saturated heterocycles. The van der Waals surface area contributed by atoms with Crippen LogP contribution in [0.5, 0.6) is 11.5 Å². The first-order chi connectivity index (χ1) is 12.6. The fraction of sp³-hybridized carbons (Fsp3) is 0.238. The third-order valence-corrected chi connectivity index (χ3v) is 4.29. The van der Waals surface area contributed by atoms with E-state index < -0.39 is 0 Å². The van der Waals surface area contributed by atoms with Gasteiger partial charge in [0.2, 0.25) is 0 Å². The summed E-state index contributed by atoms with van der Waals surface area (Å²) in [5, 5.41) is 9.66. The molecule has 0 saturated carbocycles. The summed E-state index contributed by atoms with van der Waals surface area (Å²) in [4.78, 5) is 7.82. The van der Waals surface area contributed by atoms with E-state index in [1.165, 1.54) is 11.1 Å². The van der Waals surface area contributed by atoms with Crippen LogP contribution >= 0.6 is 0 Å². The highest BCUT2D eigenvalue weighted by Gasteiger charge is 2.13. The van der Waals surface area contributed by atoms with Crippen molar-refractivity contribution in [3.05, 3.63) is 52.8 Å². The smallest absolute Gasteiger partial charge is 0.167 e. The summed E-state index contributed by atoms with van der Waals surface area (Å²) < 4.78 is 11.1. The van der Waals surface area contributed by atoms with Gasteiger partial charge in [-0.05, 0) is 56.2 Å². The van der Waals surface area contributed by atoms with Gasteiger partial charge in [-0.1, -0.05) is 12.1 Å². The molecule has 0 fully saturated rings. The molecule has 2 aromatic carbocycles. The number of H-pyrrole nitrogens is 1. The van der Waals surface area contributed by atoms with Crippen LogP contribution in [0.1, 0.15) is 29.4 Å². The minimum atomic E-state index is 0.434. The Labute approximate surface area is 152 Å². The minimum Gasteiger partial charge on any atom is -0.492 e. The molecule has 0 amide bonds. The summed E-state index contributed by atoms with van der Waals surface area (Å²) >= 11 is 0. The van der Waals surface area contributed by atoms with Gasteiger partial charge in [-0.2, -0.15) is 5.26 Å². The number of rotatable bonds is 5. The molecule has 26 heavy (non-hydrogen) atoms. The second-order valence-corrected chi connectivity index (χ2v) is 6.02. The minimum absolute atomic E-state index is 0.434. The van der Waals surface area contributed by atoms with E-state index in [1.54, 1.807) is 13.2 Å². The summed E-state index contributed by atoms with van der Waals surface area (Å²) in [5.41, 5.74) is 5.32. The second kappa shape index (κ2) is 7.32. The highest BCUT2D eigenvalue weighted by Crippen LogP contribution is 2.33. The molecule has 132 valence electrons. The number of nitrogens with one attached hydrogen (secondary N) is 1. The molecule has 0 bridgehead atoms. The number of ether oxygens (including phenoxy) is 2. The van der Waals surface area contributed by atoms with E-state index >= 15 is 0 Å². The highest BCUT2D eigenvalue weighted by atomic mass is 16.5. The van der Waals surface area contributed by atoms with Gasteiger partial charge in [-0.15, -0.1) is 0 Å². The molecule has 0 unspecified atom stereocenters. The Kier molecular flexibility index (Phi) is 4.94. The molecule has 1 heterocycles. The first-order valence-corrected chi connectivity index (χ1v) is 8.46. The quantitative estimate of drug-likeness (QED) is 0.682. The number of aromatic nitrogens is 2. The fourth-order valence-corrected chi connectivity index (χ4v) is 2.84. The van der Waals surface area contributed by atoms with Crippen molar-refractivity contribution in [3.8, 4) is 17.6 Å². The van der Waals surface area contributed by atoms with Crippen molar-refractivity contribution in [2.24, 2.45) is 0 Å². The predicted octanol–water partition coefficient (Wildman–Crippen LogP) is 4.65. The second-order valence-electron chi connectivity index (χ2n) is 6.02. The number of nitrogens with zero attached hydrogens (tertiary/aromatic N) is 2. The molecule has 1 N–H and O–H groups in total. The average molecular weight is 347 g/mol. The van der Waals surface area contributed by atoms with Crippen molar-refractivity contribution in [1.82, 2.24) is 9.97 Å². The molecular weight excluding hydrogens is 326 g/mol. The summed E-state index contributed by atoms with van der Waals surface area (Å²) in [6, 6.07) is 11.9. The number of nitriles is 1. The normalized spacial score (nSPS) is 11.4. The van der Waals surface area contributed by atoms with E-state index in [4.69, 9.17) is 9.47 Å². The van der Waals surface area contributed by atoms with Crippen molar-refractivity contribution in [1.29, 1.82) is 5.26 Å².